The van der Waals surface area contributed by atoms with Gasteiger partial charge < -0.3 is 20.2 Å². The zero-order valence-electron chi connectivity index (χ0n) is 14.5. The van der Waals surface area contributed by atoms with Gasteiger partial charge in [-0.1, -0.05) is 30.4 Å². The number of hydrogen-bond acceptors (Lipinski definition) is 4. The molecule has 0 atom stereocenters. The minimum atomic E-state index is -0.127. The van der Waals surface area contributed by atoms with E-state index < -0.39 is 0 Å². The van der Waals surface area contributed by atoms with Crippen LogP contribution in [0.25, 0.3) is 15.9 Å². The lowest BCUT2D eigenvalue weighted by atomic mass is 10.2. The van der Waals surface area contributed by atoms with Crippen LogP contribution in [0.15, 0.2) is 36.7 Å². The van der Waals surface area contributed by atoms with Gasteiger partial charge in [0, 0.05) is 24.7 Å². The number of anilines is 1. The Morgan fingerprint density at radius 3 is 2.85 bits per heavy atom. The van der Waals surface area contributed by atoms with Crippen LogP contribution in [0.4, 0.5) is 11.5 Å². The van der Waals surface area contributed by atoms with Crippen LogP contribution < -0.4 is 10.6 Å². The number of carbonyl (C=O) groups excluding carboxylic acids is 1. The van der Waals surface area contributed by atoms with Crippen LogP contribution in [0, 0.1) is 11.2 Å². The fourth-order valence-electron chi connectivity index (χ4n) is 3.05. The molecule has 8 heteroatoms. The quantitative estimate of drug-likeness (QED) is 0.452. The van der Waals surface area contributed by atoms with Crippen molar-refractivity contribution in [2.45, 2.75) is 25.4 Å². The Morgan fingerprint density at radius 2 is 2.15 bits per heavy atom. The third-order valence-electron chi connectivity index (χ3n) is 4.52. The molecule has 1 saturated carbocycles. The molecule has 0 unspecified atom stereocenters. The summed E-state index contributed by atoms with van der Waals surface area (Å²) in [6.07, 6.45) is 3.70. The smallest absolute Gasteiger partial charge is 0.251 e. The lowest BCUT2D eigenvalue weighted by Crippen LogP contribution is -2.27. The minimum Gasteiger partial charge on any atom is -0.378 e. The molecule has 3 N–H and O–H groups in total. The van der Waals surface area contributed by atoms with Gasteiger partial charge in [-0.15, -0.1) is 0 Å². The number of hydrogen-bond donors (Lipinski definition) is 3. The number of carbonyl (C=O) groups is 1. The number of benzene rings is 1. The largest absolute Gasteiger partial charge is 0.378 e. The fourth-order valence-corrected chi connectivity index (χ4v) is 3.32. The van der Waals surface area contributed by atoms with Crippen molar-refractivity contribution in [3.05, 3.63) is 58.3 Å². The summed E-state index contributed by atoms with van der Waals surface area (Å²) in [5.74, 6) is 0.615. The normalized spacial score (nSPS) is 13.3. The average molecular weight is 378 g/mol. The third-order valence-corrected chi connectivity index (χ3v) is 4.82. The van der Waals surface area contributed by atoms with Gasteiger partial charge in [0.1, 0.15) is 5.82 Å². The Kier molecular flexibility index (Phi) is 4.60. The summed E-state index contributed by atoms with van der Waals surface area (Å²) in [4.78, 5) is 23.2. The number of nitrogens with zero attached hydrogens (tertiary/aromatic N) is 3. The molecule has 0 bridgehead atoms. The van der Waals surface area contributed by atoms with Crippen molar-refractivity contribution in [2.75, 3.05) is 11.9 Å². The van der Waals surface area contributed by atoms with E-state index in [4.69, 9.17) is 18.8 Å². The maximum atomic E-state index is 12.3. The van der Waals surface area contributed by atoms with Crippen molar-refractivity contribution < 1.29 is 4.79 Å². The van der Waals surface area contributed by atoms with E-state index in [-0.39, 0.29) is 5.91 Å². The van der Waals surface area contributed by atoms with Crippen LogP contribution in [-0.4, -0.2) is 33.0 Å². The molecule has 7 nitrogen and oxygen atoms in total. The van der Waals surface area contributed by atoms with Crippen molar-refractivity contribution >= 4 is 40.7 Å². The van der Waals surface area contributed by atoms with Crippen LogP contribution in [0.5, 0.6) is 0 Å². The number of amides is 1. The molecular weight excluding hydrogens is 360 g/mol. The van der Waals surface area contributed by atoms with Crippen molar-refractivity contribution in [3.8, 4) is 0 Å². The standard InChI is InChI=1S/C19H18N6OS/c1-20-15-14-16(19(27)23-11-22-14)25(17(15)24-13-7-8-13)10-9-21-18(26)12-5-3-2-4-6-12/h2-6,11,13,24H,7-10H2,(H,21,26)(H,22,23,27). The molecule has 1 aromatic carbocycles. The monoisotopic (exact) mass is 378 g/mol. The minimum absolute atomic E-state index is 0.127. The Morgan fingerprint density at radius 1 is 1.37 bits per heavy atom. The second-order valence-corrected chi connectivity index (χ2v) is 6.82. The summed E-state index contributed by atoms with van der Waals surface area (Å²) >= 11 is 5.40. The zero-order valence-corrected chi connectivity index (χ0v) is 15.3. The number of nitrogens with one attached hydrogen (secondary N) is 3. The van der Waals surface area contributed by atoms with Gasteiger partial charge in [-0.3, -0.25) is 4.79 Å². The van der Waals surface area contributed by atoms with Crippen LogP contribution in [-0.2, 0) is 6.54 Å². The molecule has 27 heavy (non-hydrogen) atoms. The van der Waals surface area contributed by atoms with Crippen LogP contribution in [0.1, 0.15) is 23.2 Å². The van der Waals surface area contributed by atoms with Gasteiger partial charge in [-0.2, -0.15) is 0 Å². The summed E-state index contributed by atoms with van der Waals surface area (Å²) in [7, 11) is 0. The van der Waals surface area contributed by atoms with E-state index in [0.717, 1.165) is 24.2 Å². The number of rotatable bonds is 6. The zero-order chi connectivity index (χ0) is 18.8. The molecule has 3 aromatic rings. The highest BCUT2D eigenvalue weighted by Crippen LogP contribution is 2.39. The van der Waals surface area contributed by atoms with E-state index in [1.54, 1.807) is 12.1 Å². The predicted octanol–water partition coefficient (Wildman–Crippen LogP) is 3.65. The maximum absolute atomic E-state index is 12.3. The fraction of sp³-hybridized carbons (Fsp3) is 0.263. The lowest BCUT2D eigenvalue weighted by Gasteiger charge is -2.13. The Bertz CT molecular complexity index is 1090. The van der Waals surface area contributed by atoms with E-state index in [2.05, 4.69) is 25.4 Å². The molecule has 1 fully saturated rings. The van der Waals surface area contributed by atoms with Crippen molar-refractivity contribution in [2.24, 2.45) is 0 Å². The van der Waals surface area contributed by atoms with Crippen molar-refractivity contribution in [3.63, 3.8) is 0 Å². The second-order valence-electron chi connectivity index (χ2n) is 6.43. The van der Waals surface area contributed by atoms with Gasteiger partial charge in [0.05, 0.1) is 23.9 Å². The van der Waals surface area contributed by atoms with Crippen LogP contribution in [0.2, 0.25) is 0 Å². The number of aromatic nitrogens is 3. The molecule has 136 valence electrons. The molecule has 0 aliphatic heterocycles. The topological polar surface area (TPSA) is 79.1 Å². The van der Waals surface area contributed by atoms with Gasteiger partial charge in [0.15, 0.2) is 4.64 Å². The van der Waals surface area contributed by atoms with E-state index in [0.29, 0.717) is 40.5 Å². The first kappa shape index (κ1) is 17.2. The van der Waals surface area contributed by atoms with Gasteiger partial charge in [0.2, 0.25) is 0 Å². The molecule has 0 spiro atoms. The van der Waals surface area contributed by atoms with Crippen LogP contribution >= 0.6 is 12.2 Å². The summed E-state index contributed by atoms with van der Waals surface area (Å²) in [6.45, 7) is 8.50. The highest BCUT2D eigenvalue weighted by Gasteiger charge is 2.26. The van der Waals surface area contributed by atoms with Crippen molar-refractivity contribution in [1.82, 2.24) is 19.9 Å². The Labute approximate surface area is 161 Å². The molecule has 1 aliphatic rings. The predicted molar refractivity (Wildman–Crippen MR) is 107 cm³/mol. The molecule has 0 saturated heterocycles. The number of H-pyrrole nitrogens is 1. The maximum Gasteiger partial charge on any atom is 0.251 e. The molecule has 4 rings (SSSR count). The first-order chi connectivity index (χ1) is 13.2. The molecule has 2 heterocycles. The highest BCUT2D eigenvalue weighted by atomic mass is 32.1. The summed E-state index contributed by atoms with van der Waals surface area (Å²) < 4.78 is 2.39. The van der Waals surface area contributed by atoms with Gasteiger partial charge >= 0.3 is 0 Å². The lowest BCUT2D eigenvalue weighted by molar-refractivity contribution is 0.0952. The van der Waals surface area contributed by atoms with E-state index in [9.17, 15) is 4.79 Å². The Balaban J connectivity index is 1.63. The van der Waals surface area contributed by atoms with Crippen molar-refractivity contribution in [1.29, 1.82) is 0 Å². The molecule has 2 aromatic heterocycles. The molecule has 0 radical (unpaired) electrons. The number of fused-ring (bicyclic) bond motifs is 1. The summed E-state index contributed by atoms with van der Waals surface area (Å²) in [5, 5.41) is 6.36. The van der Waals surface area contributed by atoms with E-state index in [1.807, 2.05) is 22.8 Å². The Hall–Kier alpha value is -3.18. The first-order valence-electron chi connectivity index (χ1n) is 8.76. The molecule has 1 aliphatic carbocycles. The van der Waals surface area contributed by atoms with Gasteiger partial charge in [-0.05, 0) is 25.0 Å². The van der Waals surface area contributed by atoms with Gasteiger partial charge in [-0.25, -0.2) is 9.83 Å². The highest BCUT2D eigenvalue weighted by molar-refractivity contribution is 7.71. The van der Waals surface area contributed by atoms with Crippen LogP contribution in [0.3, 0.4) is 0 Å². The van der Waals surface area contributed by atoms with Gasteiger partial charge in [0.25, 0.3) is 11.6 Å². The van der Waals surface area contributed by atoms with E-state index >= 15 is 0 Å². The number of aromatic amines is 1. The summed E-state index contributed by atoms with van der Waals surface area (Å²) in [5.41, 5.74) is 2.53. The summed E-state index contributed by atoms with van der Waals surface area (Å²) in [6, 6.07) is 9.47. The first-order valence-corrected chi connectivity index (χ1v) is 9.17. The molecule has 1 amide bonds. The van der Waals surface area contributed by atoms with E-state index in [1.165, 1.54) is 6.33 Å². The molecular formula is C19H18N6OS. The average Bonchev–Trinajstić information content (AvgIpc) is 3.45. The SMILES string of the molecule is [C-]#[N+]c1c(NC2CC2)n(CCNC(=O)c2ccccc2)c2c(=S)nc[nH]c12. The third kappa shape index (κ3) is 3.41. The second kappa shape index (κ2) is 7.21.